The summed E-state index contributed by atoms with van der Waals surface area (Å²) in [6.07, 6.45) is 5.19. The number of nitriles is 1. The van der Waals surface area contributed by atoms with Crippen LogP contribution in [0.25, 0.3) is 10.9 Å². The van der Waals surface area contributed by atoms with E-state index < -0.39 is 0 Å². The third-order valence-corrected chi connectivity index (χ3v) is 7.36. The number of pyridine rings is 1. The first-order valence-electron chi connectivity index (χ1n) is 13.9. The molecular formula is C31H33N7O4. The SMILES string of the molecule is CNc1c(C(=O)NCCOC)ccc2nn(CC3CCN(C(=O)c4ccc(Oc5ccc(C#N)cn5)cc4)CC3)cc12. The number of carbonyl (C=O) groups is 2. The van der Waals surface area contributed by atoms with Crippen LogP contribution in [-0.2, 0) is 11.3 Å². The van der Waals surface area contributed by atoms with Gasteiger partial charge in [0.15, 0.2) is 0 Å². The Balaban J connectivity index is 1.16. The Kier molecular flexibility index (Phi) is 8.94. The molecule has 2 amide bonds. The minimum Gasteiger partial charge on any atom is -0.439 e. The zero-order valence-electron chi connectivity index (χ0n) is 23.7. The van der Waals surface area contributed by atoms with Crippen molar-refractivity contribution in [3.63, 3.8) is 0 Å². The Bertz CT molecular complexity index is 1580. The first-order chi connectivity index (χ1) is 20.5. The van der Waals surface area contributed by atoms with Crippen LogP contribution in [0.15, 0.2) is 60.9 Å². The number of anilines is 1. The minimum absolute atomic E-state index is 0.00343. The van der Waals surface area contributed by atoms with Gasteiger partial charge in [0.25, 0.3) is 11.8 Å². The number of amides is 2. The average molecular weight is 568 g/mol. The van der Waals surface area contributed by atoms with Crippen LogP contribution in [0.4, 0.5) is 5.69 Å². The molecule has 0 bridgehead atoms. The van der Waals surface area contributed by atoms with Gasteiger partial charge in [0.1, 0.15) is 11.8 Å². The number of piperidine rings is 1. The van der Waals surface area contributed by atoms with Crippen LogP contribution >= 0.6 is 0 Å². The predicted molar refractivity (Wildman–Crippen MR) is 158 cm³/mol. The van der Waals surface area contributed by atoms with E-state index in [0.717, 1.165) is 36.0 Å². The molecule has 0 saturated carbocycles. The van der Waals surface area contributed by atoms with Crippen LogP contribution in [0.5, 0.6) is 11.6 Å². The molecule has 4 aromatic rings. The van der Waals surface area contributed by atoms with E-state index in [4.69, 9.17) is 19.8 Å². The number of ether oxygens (including phenoxy) is 2. The summed E-state index contributed by atoms with van der Waals surface area (Å²) in [5.41, 5.74) is 3.20. The smallest absolute Gasteiger partial charge is 0.253 e. The van der Waals surface area contributed by atoms with Gasteiger partial charge >= 0.3 is 0 Å². The largest absolute Gasteiger partial charge is 0.439 e. The highest BCUT2D eigenvalue weighted by molar-refractivity contribution is 6.07. The normalized spacial score (nSPS) is 13.5. The first-order valence-corrected chi connectivity index (χ1v) is 13.9. The molecular weight excluding hydrogens is 534 g/mol. The van der Waals surface area contributed by atoms with Crippen molar-refractivity contribution in [3.8, 4) is 17.7 Å². The first kappa shape index (κ1) is 28.6. The van der Waals surface area contributed by atoms with Gasteiger partial charge in [-0.1, -0.05) is 0 Å². The molecule has 5 rings (SSSR count). The number of benzene rings is 2. The Morgan fingerprint density at radius 1 is 1.10 bits per heavy atom. The molecule has 0 spiro atoms. The van der Waals surface area contributed by atoms with Crippen molar-refractivity contribution in [1.29, 1.82) is 5.26 Å². The molecule has 11 heteroatoms. The lowest BCUT2D eigenvalue weighted by atomic mass is 9.96. The van der Waals surface area contributed by atoms with E-state index in [9.17, 15) is 9.59 Å². The van der Waals surface area contributed by atoms with Crippen molar-refractivity contribution in [2.75, 3.05) is 45.7 Å². The van der Waals surface area contributed by atoms with Gasteiger partial charge in [-0.3, -0.25) is 14.3 Å². The fourth-order valence-corrected chi connectivity index (χ4v) is 5.12. The summed E-state index contributed by atoms with van der Waals surface area (Å²) < 4.78 is 12.7. The van der Waals surface area contributed by atoms with Gasteiger partial charge in [0.05, 0.1) is 28.9 Å². The number of hydrogen-bond acceptors (Lipinski definition) is 8. The molecule has 0 atom stereocenters. The van der Waals surface area contributed by atoms with Gasteiger partial charge in [-0.2, -0.15) is 10.4 Å². The lowest BCUT2D eigenvalue weighted by molar-refractivity contribution is 0.0681. The molecule has 2 aromatic heterocycles. The number of hydrogen-bond donors (Lipinski definition) is 2. The highest BCUT2D eigenvalue weighted by atomic mass is 16.5. The molecule has 0 aliphatic carbocycles. The second-order valence-corrected chi connectivity index (χ2v) is 10.1. The van der Waals surface area contributed by atoms with Crippen molar-refractivity contribution in [2.24, 2.45) is 5.92 Å². The van der Waals surface area contributed by atoms with Gasteiger partial charge in [0, 0.05) is 69.7 Å². The van der Waals surface area contributed by atoms with Gasteiger partial charge in [-0.05, 0) is 61.2 Å². The van der Waals surface area contributed by atoms with Crippen molar-refractivity contribution in [3.05, 3.63) is 77.6 Å². The molecule has 1 fully saturated rings. The van der Waals surface area contributed by atoms with Crippen LogP contribution in [0.1, 0.15) is 39.1 Å². The Labute approximate surface area is 244 Å². The molecule has 0 unspecified atom stereocenters. The standard InChI is InChI=1S/C31H33N7O4/c1-33-29-25(30(39)34-13-16-41-2)8-9-27-26(29)20-38(36-27)19-21-11-14-37(15-12-21)31(40)23-4-6-24(7-5-23)42-28-10-3-22(17-32)18-35-28/h3-10,18,20-21,33H,11-16,19H2,1-2H3,(H,34,39). The summed E-state index contributed by atoms with van der Waals surface area (Å²) in [6, 6.07) is 16.0. The van der Waals surface area contributed by atoms with Crippen LogP contribution in [0, 0.1) is 17.2 Å². The lowest BCUT2D eigenvalue weighted by Gasteiger charge is -2.32. The molecule has 42 heavy (non-hydrogen) atoms. The van der Waals surface area contributed by atoms with Crippen LogP contribution in [0.3, 0.4) is 0 Å². The Morgan fingerprint density at radius 3 is 2.55 bits per heavy atom. The van der Waals surface area contributed by atoms with Crippen molar-refractivity contribution >= 4 is 28.4 Å². The van der Waals surface area contributed by atoms with Crippen molar-refractivity contribution in [1.82, 2.24) is 25.0 Å². The summed E-state index contributed by atoms with van der Waals surface area (Å²) in [7, 11) is 3.40. The van der Waals surface area contributed by atoms with Gasteiger partial charge in [-0.15, -0.1) is 0 Å². The van der Waals surface area contributed by atoms with Crippen LogP contribution in [0.2, 0.25) is 0 Å². The molecule has 216 valence electrons. The average Bonchev–Trinajstić information content (AvgIpc) is 3.44. The summed E-state index contributed by atoms with van der Waals surface area (Å²) in [6.45, 7) is 2.97. The Hall–Kier alpha value is -4.95. The maximum absolute atomic E-state index is 13.1. The number of fused-ring (bicyclic) bond motifs is 1. The third kappa shape index (κ3) is 6.50. The number of likely N-dealkylation sites (tertiary alicyclic amines) is 1. The molecule has 3 heterocycles. The van der Waals surface area contributed by atoms with E-state index >= 15 is 0 Å². The van der Waals surface area contributed by atoms with E-state index in [2.05, 4.69) is 15.6 Å². The van der Waals surface area contributed by atoms with Gasteiger partial charge in [0.2, 0.25) is 5.88 Å². The van der Waals surface area contributed by atoms with Gasteiger partial charge < -0.3 is 25.0 Å². The second kappa shape index (κ2) is 13.1. The molecule has 1 aliphatic heterocycles. The quantitative estimate of drug-likeness (QED) is 0.274. The number of carbonyl (C=O) groups excluding carboxylic acids is 2. The number of nitrogens with one attached hydrogen (secondary N) is 2. The lowest BCUT2D eigenvalue weighted by Crippen LogP contribution is -2.39. The van der Waals surface area contributed by atoms with E-state index in [0.29, 0.717) is 60.5 Å². The zero-order valence-corrected chi connectivity index (χ0v) is 23.7. The fourth-order valence-electron chi connectivity index (χ4n) is 5.12. The van der Waals surface area contributed by atoms with Crippen molar-refractivity contribution < 1.29 is 19.1 Å². The third-order valence-electron chi connectivity index (χ3n) is 7.36. The van der Waals surface area contributed by atoms with E-state index in [1.807, 2.05) is 27.9 Å². The summed E-state index contributed by atoms with van der Waals surface area (Å²) in [5, 5.41) is 20.6. The summed E-state index contributed by atoms with van der Waals surface area (Å²) in [4.78, 5) is 31.8. The van der Waals surface area contributed by atoms with E-state index in [-0.39, 0.29) is 11.8 Å². The zero-order chi connectivity index (χ0) is 29.5. The van der Waals surface area contributed by atoms with Crippen LogP contribution < -0.4 is 15.4 Å². The molecule has 0 radical (unpaired) electrons. The second-order valence-electron chi connectivity index (χ2n) is 10.1. The Morgan fingerprint density at radius 2 is 1.88 bits per heavy atom. The maximum Gasteiger partial charge on any atom is 0.253 e. The molecule has 1 aliphatic rings. The fraction of sp³-hybridized carbons (Fsp3) is 0.323. The monoisotopic (exact) mass is 567 g/mol. The highest BCUT2D eigenvalue weighted by Gasteiger charge is 2.25. The molecule has 11 nitrogen and oxygen atoms in total. The number of rotatable bonds is 10. The maximum atomic E-state index is 13.1. The van der Waals surface area contributed by atoms with Crippen molar-refractivity contribution in [2.45, 2.75) is 19.4 Å². The summed E-state index contributed by atoms with van der Waals surface area (Å²) in [5.74, 6) is 1.17. The highest BCUT2D eigenvalue weighted by Crippen LogP contribution is 2.28. The minimum atomic E-state index is -0.159. The number of methoxy groups -OCH3 is 1. The van der Waals surface area contributed by atoms with Crippen LogP contribution in [-0.4, -0.2) is 71.9 Å². The number of aromatic nitrogens is 3. The predicted octanol–water partition coefficient (Wildman–Crippen LogP) is 4.07. The van der Waals surface area contributed by atoms with E-state index in [1.165, 1.54) is 6.20 Å². The molecule has 2 N–H and O–H groups in total. The summed E-state index contributed by atoms with van der Waals surface area (Å²) >= 11 is 0. The molecule has 1 saturated heterocycles. The number of nitrogens with zero attached hydrogens (tertiary/aromatic N) is 5. The van der Waals surface area contributed by atoms with Gasteiger partial charge in [-0.25, -0.2) is 4.98 Å². The van der Waals surface area contributed by atoms with E-state index in [1.54, 1.807) is 56.6 Å². The molecule has 2 aromatic carbocycles. The topological polar surface area (TPSA) is 134 Å².